The molecule has 3 rings (SSSR count). The summed E-state index contributed by atoms with van der Waals surface area (Å²) < 4.78 is 0. The van der Waals surface area contributed by atoms with E-state index in [1.807, 2.05) is 42.5 Å². The average molecular weight is 352 g/mol. The lowest BCUT2D eigenvalue weighted by molar-refractivity contribution is -0.120. The third-order valence-electron chi connectivity index (χ3n) is 4.63. The van der Waals surface area contributed by atoms with Gasteiger partial charge in [0.05, 0.1) is 6.54 Å². The van der Waals surface area contributed by atoms with Crippen molar-refractivity contribution in [1.82, 2.24) is 15.5 Å². The van der Waals surface area contributed by atoms with Gasteiger partial charge in [-0.1, -0.05) is 48.5 Å². The summed E-state index contributed by atoms with van der Waals surface area (Å²) in [5.41, 5.74) is 10.1. The zero-order valence-corrected chi connectivity index (χ0v) is 14.7. The summed E-state index contributed by atoms with van der Waals surface area (Å²) in [5, 5.41) is 5.52. The van der Waals surface area contributed by atoms with Gasteiger partial charge in [0.2, 0.25) is 5.91 Å². The minimum Gasteiger partial charge on any atom is -0.350 e. The summed E-state index contributed by atoms with van der Waals surface area (Å²) in [6, 6.07) is 15.6. The lowest BCUT2D eigenvalue weighted by Gasteiger charge is -2.28. The van der Waals surface area contributed by atoms with Crippen LogP contribution in [-0.2, 0) is 30.8 Å². The van der Waals surface area contributed by atoms with Gasteiger partial charge in [0.15, 0.2) is 0 Å². The number of hydrogen-bond donors (Lipinski definition) is 3. The fraction of sp³-hybridized carbons (Fsp3) is 0.300. The summed E-state index contributed by atoms with van der Waals surface area (Å²) in [5.74, 6) is -0.220. The van der Waals surface area contributed by atoms with Gasteiger partial charge < -0.3 is 21.3 Å². The molecule has 1 heterocycles. The normalized spacial score (nSPS) is 13.0. The van der Waals surface area contributed by atoms with Crippen LogP contribution in [0.1, 0.15) is 22.3 Å². The van der Waals surface area contributed by atoms with Crippen molar-refractivity contribution in [3.05, 3.63) is 70.8 Å². The van der Waals surface area contributed by atoms with Gasteiger partial charge >= 0.3 is 6.03 Å². The highest BCUT2D eigenvalue weighted by Gasteiger charge is 2.20. The van der Waals surface area contributed by atoms with E-state index in [0.29, 0.717) is 26.2 Å². The number of nitrogens with one attached hydrogen (secondary N) is 2. The van der Waals surface area contributed by atoms with Crippen LogP contribution in [0.2, 0.25) is 0 Å². The van der Waals surface area contributed by atoms with Gasteiger partial charge in [-0.15, -0.1) is 0 Å². The molecule has 0 aliphatic carbocycles. The molecule has 0 atom stereocenters. The molecule has 0 aromatic heterocycles. The molecule has 1 aliphatic heterocycles. The molecule has 0 radical (unpaired) electrons. The minimum absolute atomic E-state index is 0.0399. The van der Waals surface area contributed by atoms with E-state index in [-0.39, 0.29) is 18.5 Å². The topological polar surface area (TPSA) is 87.5 Å². The molecule has 0 fully saturated rings. The maximum atomic E-state index is 12.3. The van der Waals surface area contributed by atoms with E-state index in [1.54, 1.807) is 4.90 Å². The zero-order valence-electron chi connectivity index (χ0n) is 14.7. The molecule has 2 aromatic carbocycles. The fourth-order valence-electron chi connectivity index (χ4n) is 3.12. The van der Waals surface area contributed by atoms with Gasteiger partial charge in [0.25, 0.3) is 0 Å². The molecule has 0 saturated heterocycles. The van der Waals surface area contributed by atoms with Crippen molar-refractivity contribution < 1.29 is 9.59 Å². The molecule has 4 N–H and O–H groups in total. The van der Waals surface area contributed by atoms with E-state index in [0.717, 1.165) is 23.1 Å². The predicted molar refractivity (Wildman–Crippen MR) is 100 cm³/mol. The van der Waals surface area contributed by atoms with Gasteiger partial charge in [0.1, 0.15) is 0 Å². The molecule has 26 heavy (non-hydrogen) atoms. The predicted octanol–water partition coefficient (Wildman–Crippen LogP) is 1.53. The van der Waals surface area contributed by atoms with Crippen LogP contribution in [0.15, 0.2) is 48.5 Å². The summed E-state index contributed by atoms with van der Waals surface area (Å²) in [6.45, 7) is 2.03. The van der Waals surface area contributed by atoms with E-state index in [1.165, 1.54) is 5.56 Å². The summed E-state index contributed by atoms with van der Waals surface area (Å²) in [6.07, 6.45) is 0.839. The monoisotopic (exact) mass is 352 g/mol. The maximum Gasteiger partial charge on any atom is 0.318 e. The van der Waals surface area contributed by atoms with E-state index in [4.69, 9.17) is 5.73 Å². The van der Waals surface area contributed by atoms with Crippen molar-refractivity contribution in [2.75, 3.05) is 13.1 Å². The Labute approximate surface area is 153 Å². The Bertz CT molecular complexity index is 791. The first kappa shape index (κ1) is 17.9. The molecule has 0 unspecified atom stereocenters. The highest BCUT2D eigenvalue weighted by Crippen LogP contribution is 2.18. The first-order chi connectivity index (χ1) is 12.7. The lowest BCUT2D eigenvalue weighted by Crippen LogP contribution is -2.46. The Hall–Kier alpha value is -2.86. The number of benzene rings is 2. The van der Waals surface area contributed by atoms with Crippen LogP contribution in [0.4, 0.5) is 4.79 Å². The number of rotatable bonds is 5. The molecule has 0 spiro atoms. The van der Waals surface area contributed by atoms with Crippen LogP contribution < -0.4 is 16.4 Å². The summed E-state index contributed by atoms with van der Waals surface area (Å²) in [7, 11) is 0. The molecule has 2 aromatic rings. The molecule has 1 aliphatic rings. The van der Waals surface area contributed by atoms with Gasteiger partial charge in [-0.25, -0.2) is 4.79 Å². The second-order valence-electron chi connectivity index (χ2n) is 6.35. The number of urea groups is 1. The SMILES string of the molecule is NCc1ccccc1CNC(=O)CNC(=O)N1CCc2ccccc2C1. The average Bonchev–Trinajstić information content (AvgIpc) is 2.70. The van der Waals surface area contributed by atoms with E-state index in [2.05, 4.69) is 16.7 Å². The Kier molecular flexibility index (Phi) is 5.86. The third-order valence-corrected chi connectivity index (χ3v) is 4.63. The molecular weight excluding hydrogens is 328 g/mol. The largest absolute Gasteiger partial charge is 0.350 e. The second-order valence-corrected chi connectivity index (χ2v) is 6.35. The Morgan fingerprint density at radius 2 is 1.65 bits per heavy atom. The standard InChI is InChI=1S/C20H24N4O2/c21-11-16-6-2-3-7-17(16)12-22-19(25)13-23-20(26)24-10-9-15-5-1-4-8-18(15)14-24/h1-8H,9-14,21H2,(H,22,25)(H,23,26). The van der Waals surface area contributed by atoms with Crippen LogP contribution in [0.25, 0.3) is 0 Å². The molecule has 0 saturated carbocycles. The third kappa shape index (κ3) is 4.40. The minimum atomic E-state index is -0.220. The molecule has 136 valence electrons. The number of nitrogens with zero attached hydrogens (tertiary/aromatic N) is 1. The number of hydrogen-bond acceptors (Lipinski definition) is 3. The van der Waals surface area contributed by atoms with Crippen LogP contribution >= 0.6 is 0 Å². The molecular formula is C20H24N4O2. The Morgan fingerprint density at radius 1 is 0.962 bits per heavy atom. The molecule has 0 bridgehead atoms. The van der Waals surface area contributed by atoms with Gasteiger partial charge in [-0.3, -0.25) is 4.79 Å². The summed E-state index contributed by atoms with van der Waals surface area (Å²) in [4.78, 5) is 26.1. The van der Waals surface area contributed by atoms with Gasteiger partial charge in [0, 0.05) is 26.2 Å². The number of carbonyl (C=O) groups is 2. The molecule has 3 amide bonds. The number of nitrogens with two attached hydrogens (primary N) is 1. The van der Waals surface area contributed by atoms with Crippen LogP contribution in [-0.4, -0.2) is 29.9 Å². The van der Waals surface area contributed by atoms with Crippen LogP contribution in [0, 0.1) is 0 Å². The van der Waals surface area contributed by atoms with Crippen molar-refractivity contribution in [3.63, 3.8) is 0 Å². The van der Waals surface area contributed by atoms with E-state index in [9.17, 15) is 9.59 Å². The van der Waals surface area contributed by atoms with Crippen molar-refractivity contribution >= 4 is 11.9 Å². The quantitative estimate of drug-likeness (QED) is 0.763. The highest BCUT2D eigenvalue weighted by atomic mass is 16.2. The Balaban J connectivity index is 1.45. The van der Waals surface area contributed by atoms with E-state index >= 15 is 0 Å². The highest BCUT2D eigenvalue weighted by molar-refractivity contribution is 5.84. The van der Waals surface area contributed by atoms with Crippen molar-refractivity contribution in [1.29, 1.82) is 0 Å². The smallest absolute Gasteiger partial charge is 0.318 e. The first-order valence-corrected chi connectivity index (χ1v) is 8.80. The number of carbonyl (C=O) groups excluding carboxylic acids is 2. The van der Waals surface area contributed by atoms with Crippen molar-refractivity contribution in [2.24, 2.45) is 5.73 Å². The maximum absolute atomic E-state index is 12.3. The molecule has 6 nitrogen and oxygen atoms in total. The molecule has 6 heteroatoms. The van der Waals surface area contributed by atoms with Gasteiger partial charge in [-0.2, -0.15) is 0 Å². The van der Waals surface area contributed by atoms with Crippen molar-refractivity contribution in [3.8, 4) is 0 Å². The fourth-order valence-corrected chi connectivity index (χ4v) is 3.12. The van der Waals surface area contributed by atoms with E-state index < -0.39 is 0 Å². The second kappa shape index (κ2) is 8.49. The van der Waals surface area contributed by atoms with Crippen molar-refractivity contribution in [2.45, 2.75) is 26.1 Å². The first-order valence-electron chi connectivity index (χ1n) is 8.80. The zero-order chi connectivity index (χ0) is 18.4. The van der Waals surface area contributed by atoms with Crippen LogP contribution in [0.5, 0.6) is 0 Å². The Morgan fingerprint density at radius 3 is 2.42 bits per heavy atom. The lowest BCUT2D eigenvalue weighted by atomic mass is 10.0. The number of fused-ring (bicyclic) bond motifs is 1. The summed E-state index contributed by atoms with van der Waals surface area (Å²) >= 11 is 0. The van der Waals surface area contributed by atoms with Crippen LogP contribution in [0.3, 0.4) is 0 Å². The van der Waals surface area contributed by atoms with Gasteiger partial charge in [-0.05, 0) is 28.7 Å². The number of amides is 3.